The van der Waals surface area contributed by atoms with Crippen LogP contribution < -0.4 is 15.8 Å². The molecule has 1 aromatic heterocycles. The van der Waals surface area contributed by atoms with Crippen molar-refractivity contribution in [3.63, 3.8) is 0 Å². The lowest BCUT2D eigenvalue weighted by Gasteiger charge is -2.32. The lowest BCUT2D eigenvalue weighted by atomic mass is 9.77. The van der Waals surface area contributed by atoms with Gasteiger partial charge in [-0.3, -0.25) is 14.6 Å². The number of anilines is 1. The van der Waals surface area contributed by atoms with Gasteiger partial charge in [-0.1, -0.05) is 13.0 Å². The van der Waals surface area contributed by atoms with Gasteiger partial charge in [0.05, 0.1) is 0 Å². The molecule has 7 nitrogen and oxygen atoms in total. The van der Waals surface area contributed by atoms with Gasteiger partial charge in [0.25, 0.3) is 11.8 Å². The van der Waals surface area contributed by atoms with E-state index in [2.05, 4.69) is 15.0 Å². The number of rotatable bonds is 6. The third-order valence-corrected chi connectivity index (χ3v) is 6.19. The molecule has 1 aliphatic rings. The Morgan fingerprint density at radius 1 is 1.25 bits per heavy atom. The summed E-state index contributed by atoms with van der Waals surface area (Å²) >= 11 is 0. The quantitative estimate of drug-likeness (QED) is 0.545. The van der Waals surface area contributed by atoms with Gasteiger partial charge < -0.3 is 20.5 Å². The van der Waals surface area contributed by atoms with Crippen LogP contribution in [0.2, 0.25) is 0 Å². The number of ether oxygens (including phenoxy) is 2. The van der Waals surface area contributed by atoms with Gasteiger partial charge in [-0.15, -0.1) is 0 Å². The van der Waals surface area contributed by atoms with Gasteiger partial charge in [0, 0.05) is 29.3 Å². The highest BCUT2D eigenvalue weighted by atomic mass is 19.4. The maximum Gasteiger partial charge on any atom is 0.417 e. The Bertz CT molecular complexity index is 1190. The van der Waals surface area contributed by atoms with Crippen molar-refractivity contribution in [1.29, 1.82) is 0 Å². The summed E-state index contributed by atoms with van der Waals surface area (Å²) in [5.74, 6) is -10.3. The number of hydrogen-bond acceptors (Lipinski definition) is 5. The highest BCUT2D eigenvalue weighted by Gasteiger charge is 2.66. The van der Waals surface area contributed by atoms with Crippen LogP contribution in [0.1, 0.15) is 41.4 Å². The Morgan fingerprint density at radius 2 is 1.89 bits per heavy atom. The van der Waals surface area contributed by atoms with E-state index in [0.29, 0.717) is 18.6 Å². The van der Waals surface area contributed by atoms with Crippen LogP contribution >= 0.6 is 0 Å². The molecule has 3 N–H and O–H groups in total. The second-order valence-corrected chi connectivity index (χ2v) is 8.35. The van der Waals surface area contributed by atoms with Gasteiger partial charge in [0.2, 0.25) is 5.82 Å². The second kappa shape index (κ2) is 9.56. The average molecular weight is 523 g/mol. The molecule has 1 fully saturated rings. The van der Waals surface area contributed by atoms with Crippen molar-refractivity contribution >= 4 is 17.5 Å². The van der Waals surface area contributed by atoms with Crippen molar-refractivity contribution in [3.8, 4) is 5.75 Å². The van der Waals surface area contributed by atoms with E-state index in [9.17, 15) is 40.3 Å². The number of primary amides is 1. The van der Waals surface area contributed by atoms with Crippen LogP contribution in [0.25, 0.3) is 0 Å². The fraction of sp³-hybridized carbons (Fsp3) is 0.409. The number of benzene rings is 1. The smallest absolute Gasteiger partial charge is 0.417 e. The zero-order valence-corrected chi connectivity index (χ0v) is 18.9. The average Bonchev–Trinajstić information content (AvgIpc) is 3.05. The Morgan fingerprint density at radius 3 is 2.44 bits per heavy atom. The molecule has 0 aliphatic carbocycles. The standard InChI is InChI=1S/C22H20F7N3O4/c1-8-7-31-13(18(30)33)6-12(8)32-19(34)17-14(9(2)21(3,36-17)22(27,28)29)10-4-5-11(23)15(24)16(10)35-20(25)26/h4-7,9,14,17,20H,1-3H3,(H2,30,33)(H,31,32,34)/t9-,14+,17+,21+/m1/s1. The minimum atomic E-state index is -5.05. The largest absolute Gasteiger partial charge is 0.431 e. The molecule has 14 heteroatoms. The van der Waals surface area contributed by atoms with Gasteiger partial charge in [-0.25, -0.2) is 4.39 Å². The first kappa shape index (κ1) is 27.2. The summed E-state index contributed by atoms with van der Waals surface area (Å²) < 4.78 is 105. The normalized spacial score (nSPS) is 24.1. The number of hydrogen-bond donors (Lipinski definition) is 2. The summed E-state index contributed by atoms with van der Waals surface area (Å²) in [4.78, 5) is 28.4. The van der Waals surface area contributed by atoms with Crippen molar-refractivity contribution < 1.29 is 49.8 Å². The third-order valence-electron chi connectivity index (χ3n) is 6.19. The fourth-order valence-corrected chi connectivity index (χ4v) is 4.04. The molecule has 0 spiro atoms. The minimum absolute atomic E-state index is 0.0474. The van der Waals surface area contributed by atoms with E-state index < -0.39 is 71.1 Å². The third kappa shape index (κ3) is 4.81. The summed E-state index contributed by atoms with van der Waals surface area (Å²) in [5, 5.41) is 2.31. The van der Waals surface area contributed by atoms with Gasteiger partial charge >= 0.3 is 12.8 Å². The highest BCUT2D eigenvalue weighted by Crippen LogP contribution is 2.55. The van der Waals surface area contributed by atoms with E-state index >= 15 is 0 Å². The number of aromatic nitrogens is 1. The predicted octanol–water partition coefficient (Wildman–Crippen LogP) is 4.45. The molecule has 4 atom stereocenters. The minimum Gasteiger partial charge on any atom is -0.431 e. The van der Waals surface area contributed by atoms with Crippen LogP contribution in [0.4, 0.5) is 36.4 Å². The molecule has 2 heterocycles. The number of alkyl halides is 5. The second-order valence-electron chi connectivity index (χ2n) is 8.35. The molecule has 1 aliphatic heterocycles. The van der Waals surface area contributed by atoms with E-state index in [0.717, 1.165) is 19.1 Å². The topological polar surface area (TPSA) is 104 Å². The molecule has 1 saturated heterocycles. The first-order chi connectivity index (χ1) is 16.6. The van der Waals surface area contributed by atoms with Crippen LogP contribution in [0.15, 0.2) is 24.4 Å². The number of halogens is 7. The zero-order chi connectivity index (χ0) is 27.2. The van der Waals surface area contributed by atoms with Crippen LogP contribution in [-0.2, 0) is 9.53 Å². The van der Waals surface area contributed by atoms with Crippen molar-refractivity contribution in [3.05, 3.63) is 52.9 Å². The summed E-state index contributed by atoms with van der Waals surface area (Å²) in [6, 6.07) is 2.35. The van der Waals surface area contributed by atoms with Crippen molar-refractivity contribution in [2.75, 3.05) is 5.32 Å². The molecule has 196 valence electrons. The first-order valence-corrected chi connectivity index (χ1v) is 10.3. The molecule has 3 rings (SSSR count). The number of nitrogens with zero attached hydrogens (tertiary/aromatic N) is 1. The first-order valence-electron chi connectivity index (χ1n) is 10.3. The molecule has 0 saturated carbocycles. The molecule has 1 aromatic carbocycles. The number of nitrogens with two attached hydrogens (primary N) is 1. The van der Waals surface area contributed by atoms with Crippen LogP contribution in [0.3, 0.4) is 0 Å². The summed E-state index contributed by atoms with van der Waals surface area (Å²) in [7, 11) is 0. The van der Waals surface area contributed by atoms with Crippen LogP contribution in [0, 0.1) is 24.5 Å². The molecule has 0 unspecified atom stereocenters. The number of carbonyl (C=O) groups excluding carboxylic acids is 2. The van der Waals surface area contributed by atoms with Crippen LogP contribution in [0.5, 0.6) is 5.75 Å². The van der Waals surface area contributed by atoms with Gasteiger partial charge in [-0.05, 0) is 31.5 Å². The number of nitrogens with one attached hydrogen (secondary N) is 1. The van der Waals surface area contributed by atoms with Crippen molar-refractivity contribution in [1.82, 2.24) is 4.98 Å². The Balaban J connectivity index is 2.13. The summed E-state index contributed by atoms with van der Waals surface area (Å²) in [6.45, 7) is -0.506. The van der Waals surface area contributed by atoms with E-state index in [1.165, 1.54) is 13.1 Å². The Labute approximate surface area is 199 Å². The molecular weight excluding hydrogens is 503 g/mol. The van der Waals surface area contributed by atoms with Crippen LogP contribution in [-0.4, -0.2) is 41.3 Å². The van der Waals surface area contributed by atoms with Crippen molar-refractivity contribution in [2.24, 2.45) is 11.7 Å². The Hall–Kier alpha value is -3.42. The van der Waals surface area contributed by atoms with Gasteiger partial charge in [0.1, 0.15) is 11.8 Å². The lowest BCUT2D eigenvalue weighted by molar-refractivity contribution is -0.272. The maximum atomic E-state index is 14.4. The van der Waals surface area contributed by atoms with E-state index in [4.69, 9.17) is 10.5 Å². The zero-order valence-electron chi connectivity index (χ0n) is 18.9. The number of aryl methyl sites for hydroxylation is 1. The van der Waals surface area contributed by atoms with Crippen molar-refractivity contribution in [2.45, 2.75) is 51.2 Å². The van der Waals surface area contributed by atoms with E-state index in [1.54, 1.807) is 0 Å². The Kier molecular flexibility index (Phi) is 7.22. The molecular formula is C22H20F7N3O4. The number of amides is 2. The van der Waals surface area contributed by atoms with Gasteiger partial charge in [0.15, 0.2) is 17.2 Å². The monoisotopic (exact) mass is 523 g/mol. The lowest BCUT2D eigenvalue weighted by Crippen LogP contribution is -2.47. The fourth-order valence-electron chi connectivity index (χ4n) is 4.04. The molecule has 2 aromatic rings. The molecule has 0 radical (unpaired) electrons. The number of carbonyl (C=O) groups is 2. The van der Waals surface area contributed by atoms with E-state index in [-0.39, 0.29) is 11.4 Å². The molecule has 36 heavy (non-hydrogen) atoms. The summed E-state index contributed by atoms with van der Waals surface area (Å²) in [6.07, 6.45) is -5.90. The highest BCUT2D eigenvalue weighted by molar-refractivity contribution is 5.98. The van der Waals surface area contributed by atoms with Gasteiger partial charge in [-0.2, -0.15) is 26.3 Å². The number of pyridine rings is 1. The maximum absolute atomic E-state index is 14.4. The molecule has 2 amide bonds. The predicted molar refractivity (Wildman–Crippen MR) is 110 cm³/mol. The van der Waals surface area contributed by atoms with E-state index in [1.807, 2.05) is 0 Å². The molecule has 0 bridgehead atoms. The SMILES string of the molecule is Cc1cnc(C(N)=O)cc1NC(=O)[C@H]1O[C@](C)(C(F)(F)F)[C@H](C)[C@H]1c1ccc(F)c(F)c1OC(F)F. The summed E-state index contributed by atoms with van der Waals surface area (Å²) in [5.41, 5.74) is 1.53.